The highest BCUT2D eigenvalue weighted by Gasteiger charge is 2.25. The van der Waals surface area contributed by atoms with Gasteiger partial charge in [-0.25, -0.2) is 17.2 Å². The van der Waals surface area contributed by atoms with E-state index in [1.165, 1.54) is 24.3 Å². The van der Waals surface area contributed by atoms with Gasteiger partial charge in [0.05, 0.1) is 21.2 Å². The molecule has 1 aromatic heterocycles. The molecule has 1 amide bonds. The monoisotopic (exact) mass is 511 g/mol. The van der Waals surface area contributed by atoms with Crippen LogP contribution < -0.4 is 5.32 Å². The smallest absolute Gasteiger partial charge is 0.262 e. The third kappa shape index (κ3) is 4.70. The van der Waals surface area contributed by atoms with Gasteiger partial charge >= 0.3 is 0 Å². The number of sulfone groups is 1. The number of rotatable bonds is 5. The standard InChI is InChI=1S/C23H15F2N5O3S2/c24-17-2-1-3-18(25)16(17)12-35(32,33)15-8-9-19-20(11-15)34-21(23(31)26-19)10-13-4-6-14(7-5-13)22-27-29-30-28-22/h1-11H,12H2,(H,26,31)(H,27,28,29,30)/b21-10+. The quantitative estimate of drug-likeness (QED) is 0.386. The molecule has 0 saturated carbocycles. The molecule has 0 fully saturated rings. The third-order valence-electron chi connectivity index (χ3n) is 5.21. The highest BCUT2D eigenvalue weighted by atomic mass is 32.2. The van der Waals surface area contributed by atoms with Crippen molar-refractivity contribution in [1.29, 1.82) is 0 Å². The number of hydrogen-bond acceptors (Lipinski definition) is 7. The fourth-order valence-electron chi connectivity index (χ4n) is 3.44. The Balaban J connectivity index is 1.41. The van der Waals surface area contributed by atoms with Crippen molar-refractivity contribution in [3.8, 4) is 11.4 Å². The van der Waals surface area contributed by atoms with Crippen LogP contribution in [0.2, 0.25) is 0 Å². The number of aromatic nitrogens is 4. The fraction of sp³-hybridized carbons (Fsp3) is 0.0435. The Hall–Kier alpha value is -3.90. The molecule has 2 N–H and O–H groups in total. The zero-order valence-corrected chi connectivity index (χ0v) is 19.3. The van der Waals surface area contributed by atoms with Crippen LogP contribution in [-0.2, 0) is 20.4 Å². The van der Waals surface area contributed by atoms with Gasteiger partial charge in [-0.3, -0.25) is 4.79 Å². The number of nitrogens with zero attached hydrogens (tertiary/aromatic N) is 3. The molecule has 4 aromatic rings. The van der Waals surface area contributed by atoms with Gasteiger partial charge in [0.1, 0.15) is 11.6 Å². The van der Waals surface area contributed by atoms with Crippen LogP contribution >= 0.6 is 11.8 Å². The molecule has 8 nitrogen and oxygen atoms in total. The van der Waals surface area contributed by atoms with E-state index < -0.39 is 32.8 Å². The zero-order chi connectivity index (χ0) is 24.6. The molecular formula is C23H15F2N5O3S2. The molecule has 176 valence electrons. The van der Waals surface area contributed by atoms with Gasteiger partial charge in [-0.2, -0.15) is 5.21 Å². The molecule has 0 aliphatic carbocycles. The molecule has 2 heterocycles. The summed E-state index contributed by atoms with van der Waals surface area (Å²) < 4.78 is 53.8. The van der Waals surface area contributed by atoms with E-state index in [-0.39, 0.29) is 10.8 Å². The van der Waals surface area contributed by atoms with Crippen LogP contribution in [0.25, 0.3) is 17.5 Å². The van der Waals surface area contributed by atoms with Crippen LogP contribution in [0.5, 0.6) is 0 Å². The van der Waals surface area contributed by atoms with Gasteiger partial charge in [0.25, 0.3) is 5.91 Å². The molecule has 0 atom stereocenters. The van der Waals surface area contributed by atoms with E-state index >= 15 is 0 Å². The zero-order valence-electron chi connectivity index (χ0n) is 17.7. The van der Waals surface area contributed by atoms with Crippen molar-refractivity contribution in [2.75, 3.05) is 5.32 Å². The lowest BCUT2D eigenvalue weighted by molar-refractivity contribution is -0.112. The number of carbonyl (C=O) groups excluding carboxylic acids is 1. The molecule has 1 aliphatic rings. The molecule has 0 saturated heterocycles. The average Bonchev–Trinajstić information content (AvgIpc) is 3.37. The van der Waals surface area contributed by atoms with Gasteiger partial charge in [0, 0.05) is 16.0 Å². The fourth-order valence-corrected chi connectivity index (χ4v) is 5.90. The number of nitrogens with one attached hydrogen (secondary N) is 2. The van der Waals surface area contributed by atoms with Crippen molar-refractivity contribution in [1.82, 2.24) is 20.6 Å². The first-order chi connectivity index (χ1) is 16.8. The Labute approximate surface area is 202 Å². The normalized spacial score (nSPS) is 14.6. The molecule has 0 bridgehead atoms. The summed E-state index contributed by atoms with van der Waals surface area (Å²) >= 11 is 1.10. The van der Waals surface area contributed by atoms with Gasteiger partial charge in [0.15, 0.2) is 9.84 Å². The van der Waals surface area contributed by atoms with Gasteiger partial charge in [0.2, 0.25) is 5.82 Å². The Kier molecular flexibility index (Phi) is 5.91. The van der Waals surface area contributed by atoms with E-state index in [0.29, 0.717) is 21.3 Å². The average molecular weight is 512 g/mol. The summed E-state index contributed by atoms with van der Waals surface area (Å²) in [4.78, 5) is 13.3. The Morgan fingerprint density at radius 2 is 1.74 bits per heavy atom. The van der Waals surface area contributed by atoms with Crippen molar-refractivity contribution in [2.24, 2.45) is 0 Å². The molecule has 0 unspecified atom stereocenters. The second kappa shape index (κ2) is 9.04. The highest BCUT2D eigenvalue weighted by molar-refractivity contribution is 8.04. The SMILES string of the molecule is O=C1Nc2ccc(S(=O)(=O)Cc3c(F)cccc3F)cc2S/C1=C/c1ccc(-c2nn[nH]n2)cc1. The number of benzene rings is 3. The maximum absolute atomic E-state index is 14.0. The van der Waals surface area contributed by atoms with E-state index in [1.807, 2.05) is 0 Å². The minimum absolute atomic E-state index is 0.105. The van der Waals surface area contributed by atoms with Gasteiger partial charge in [-0.05, 0) is 47.2 Å². The molecule has 0 radical (unpaired) electrons. The van der Waals surface area contributed by atoms with E-state index in [1.54, 1.807) is 30.3 Å². The largest absolute Gasteiger partial charge is 0.320 e. The summed E-state index contributed by atoms with van der Waals surface area (Å²) in [6.07, 6.45) is 1.67. The maximum atomic E-state index is 14.0. The van der Waals surface area contributed by atoms with Crippen molar-refractivity contribution >= 4 is 39.3 Å². The lowest BCUT2D eigenvalue weighted by Crippen LogP contribution is -2.18. The first-order valence-electron chi connectivity index (χ1n) is 10.1. The number of hydrogen-bond donors (Lipinski definition) is 2. The van der Waals surface area contributed by atoms with Crippen LogP contribution in [0.1, 0.15) is 11.1 Å². The number of amides is 1. The molecule has 1 aliphatic heterocycles. The summed E-state index contributed by atoms with van der Waals surface area (Å²) in [6, 6.07) is 14.5. The molecule has 3 aromatic carbocycles. The van der Waals surface area contributed by atoms with E-state index in [2.05, 4.69) is 25.9 Å². The first-order valence-corrected chi connectivity index (χ1v) is 12.6. The second-order valence-electron chi connectivity index (χ2n) is 7.54. The van der Waals surface area contributed by atoms with E-state index in [0.717, 1.165) is 35.0 Å². The summed E-state index contributed by atoms with van der Waals surface area (Å²) in [5, 5.41) is 16.5. The Bertz CT molecular complexity index is 1550. The van der Waals surface area contributed by atoms with Crippen molar-refractivity contribution in [3.63, 3.8) is 0 Å². The topological polar surface area (TPSA) is 118 Å². The number of carbonyl (C=O) groups is 1. The summed E-state index contributed by atoms with van der Waals surface area (Å²) in [5.41, 5.74) is 1.40. The minimum atomic E-state index is -4.05. The number of halogens is 2. The Morgan fingerprint density at radius 3 is 2.43 bits per heavy atom. The van der Waals surface area contributed by atoms with Crippen molar-refractivity contribution < 1.29 is 22.0 Å². The van der Waals surface area contributed by atoms with Crippen LogP contribution in [0, 0.1) is 11.6 Å². The number of fused-ring (bicyclic) bond motifs is 1. The van der Waals surface area contributed by atoms with Crippen LogP contribution in [0.3, 0.4) is 0 Å². The van der Waals surface area contributed by atoms with Gasteiger partial charge in [-0.15, -0.1) is 10.2 Å². The van der Waals surface area contributed by atoms with Gasteiger partial charge < -0.3 is 5.32 Å². The Morgan fingerprint density at radius 1 is 1.00 bits per heavy atom. The molecule has 0 spiro atoms. The molecule has 35 heavy (non-hydrogen) atoms. The van der Waals surface area contributed by atoms with Crippen LogP contribution in [0.4, 0.5) is 14.5 Å². The molecular weight excluding hydrogens is 496 g/mol. The lowest BCUT2D eigenvalue weighted by Gasteiger charge is -2.19. The summed E-state index contributed by atoms with van der Waals surface area (Å²) in [7, 11) is -4.05. The number of H-pyrrole nitrogens is 1. The van der Waals surface area contributed by atoms with Crippen LogP contribution in [-0.4, -0.2) is 34.9 Å². The second-order valence-corrected chi connectivity index (χ2v) is 10.6. The minimum Gasteiger partial charge on any atom is -0.320 e. The highest BCUT2D eigenvalue weighted by Crippen LogP contribution is 2.40. The van der Waals surface area contributed by atoms with Crippen molar-refractivity contribution in [3.05, 3.63) is 88.3 Å². The summed E-state index contributed by atoms with van der Waals surface area (Å²) in [5.74, 6) is -2.58. The number of thioether (sulfide) groups is 1. The van der Waals surface area contributed by atoms with E-state index in [9.17, 15) is 22.0 Å². The van der Waals surface area contributed by atoms with Crippen LogP contribution in [0.15, 0.2) is 75.4 Å². The number of anilines is 1. The number of aromatic amines is 1. The lowest BCUT2D eigenvalue weighted by atomic mass is 10.1. The number of tetrazole rings is 1. The summed E-state index contributed by atoms with van der Waals surface area (Å²) in [6.45, 7) is 0. The maximum Gasteiger partial charge on any atom is 0.262 e. The molecule has 12 heteroatoms. The van der Waals surface area contributed by atoms with E-state index in [4.69, 9.17) is 0 Å². The predicted octanol–water partition coefficient (Wildman–Crippen LogP) is 4.20. The predicted molar refractivity (Wildman–Crippen MR) is 126 cm³/mol. The van der Waals surface area contributed by atoms with Gasteiger partial charge in [-0.1, -0.05) is 42.1 Å². The van der Waals surface area contributed by atoms with Crippen molar-refractivity contribution in [2.45, 2.75) is 15.5 Å². The molecule has 5 rings (SSSR count). The first kappa shape index (κ1) is 22.9. The third-order valence-corrected chi connectivity index (χ3v) is 7.93.